The topological polar surface area (TPSA) is 56.8 Å². The molecule has 110 valence electrons. The Morgan fingerprint density at radius 1 is 1.05 bits per heavy atom. The lowest BCUT2D eigenvalue weighted by molar-refractivity contribution is -0.133. The molecule has 1 aromatic rings. The summed E-state index contributed by atoms with van der Waals surface area (Å²) in [5, 5.41) is 2.82. The van der Waals surface area contributed by atoms with Crippen molar-refractivity contribution in [1.82, 2.24) is 5.32 Å². The first-order valence-corrected chi connectivity index (χ1v) is 6.61. The van der Waals surface area contributed by atoms with Crippen LogP contribution in [0.4, 0.5) is 0 Å². The van der Waals surface area contributed by atoms with Gasteiger partial charge in [-0.3, -0.25) is 4.79 Å². The Bertz CT molecular complexity index is 529. The van der Waals surface area contributed by atoms with Gasteiger partial charge in [-0.15, -0.1) is 0 Å². The third-order valence-electron chi connectivity index (χ3n) is 3.86. The van der Waals surface area contributed by atoms with Gasteiger partial charge in [-0.05, 0) is 31.9 Å². The van der Waals surface area contributed by atoms with E-state index in [1.165, 1.54) is 0 Å². The molecule has 1 N–H and O–H groups in total. The highest BCUT2D eigenvalue weighted by atomic mass is 16.5. The molecule has 1 amide bonds. The van der Waals surface area contributed by atoms with Crippen LogP contribution in [0.25, 0.3) is 0 Å². The summed E-state index contributed by atoms with van der Waals surface area (Å²) in [4.78, 5) is 11.2. The molecular formula is C15H21NO4. The normalized spacial score (nSPS) is 18.6. The van der Waals surface area contributed by atoms with E-state index in [1.807, 2.05) is 20.8 Å². The Kier molecular flexibility index (Phi) is 4.18. The predicted octanol–water partition coefficient (Wildman–Crippen LogP) is 1.82. The minimum Gasteiger partial charge on any atom is -0.496 e. The standard InChI is InChI=1S/C15H21NO4/c1-8-9(2)15(19-5)13(10(3)14(8)18-4)11-6-16-12(17)7-20-11/h11H,6-7H2,1-5H3,(H,16,17). The number of benzene rings is 1. The molecule has 0 spiro atoms. The molecule has 1 aromatic carbocycles. The average Bonchev–Trinajstić information content (AvgIpc) is 2.44. The van der Waals surface area contributed by atoms with Crippen molar-refractivity contribution < 1.29 is 19.0 Å². The minimum atomic E-state index is -0.212. The van der Waals surface area contributed by atoms with Crippen molar-refractivity contribution in [3.63, 3.8) is 0 Å². The molecule has 5 heteroatoms. The van der Waals surface area contributed by atoms with Crippen LogP contribution in [0.15, 0.2) is 0 Å². The fourth-order valence-corrected chi connectivity index (χ4v) is 2.75. The molecule has 1 fully saturated rings. The molecule has 0 aromatic heterocycles. The van der Waals surface area contributed by atoms with E-state index in [9.17, 15) is 4.79 Å². The van der Waals surface area contributed by atoms with Crippen molar-refractivity contribution in [2.24, 2.45) is 0 Å². The molecule has 2 rings (SSSR count). The zero-order valence-corrected chi connectivity index (χ0v) is 12.6. The van der Waals surface area contributed by atoms with E-state index in [4.69, 9.17) is 14.2 Å². The van der Waals surface area contributed by atoms with Gasteiger partial charge in [-0.25, -0.2) is 0 Å². The second kappa shape index (κ2) is 5.71. The summed E-state index contributed by atoms with van der Waals surface area (Å²) in [7, 11) is 3.31. The molecule has 1 heterocycles. The van der Waals surface area contributed by atoms with E-state index in [2.05, 4.69) is 5.32 Å². The first-order chi connectivity index (χ1) is 9.51. The maximum atomic E-state index is 11.2. The first-order valence-electron chi connectivity index (χ1n) is 6.61. The lowest BCUT2D eigenvalue weighted by Gasteiger charge is -2.28. The third-order valence-corrected chi connectivity index (χ3v) is 3.86. The number of nitrogens with one attached hydrogen (secondary N) is 1. The maximum Gasteiger partial charge on any atom is 0.246 e. The number of rotatable bonds is 3. The van der Waals surface area contributed by atoms with E-state index in [1.54, 1.807) is 14.2 Å². The van der Waals surface area contributed by atoms with Crippen LogP contribution in [-0.2, 0) is 9.53 Å². The summed E-state index contributed by atoms with van der Waals surface area (Å²) in [5.74, 6) is 1.56. The van der Waals surface area contributed by atoms with Crippen molar-refractivity contribution in [3.05, 3.63) is 22.3 Å². The number of methoxy groups -OCH3 is 2. The Morgan fingerprint density at radius 3 is 2.15 bits per heavy atom. The van der Waals surface area contributed by atoms with Crippen molar-refractivity contribution >= 4 is 5.91 Å². The Hall–Kier alpha value is -1.75. The molecule has 1 saturated heterocycles. The summed E-state index contributed by atoms with van der Waals surface area (Å²) >= 11 is 0. The van der Waals surface area contributed by atoms with Crippen LogP contribution in [0, 0.1) is 20.8 Å². The first kappa shape index (κ1) is 14.7. The number of amides is 1. The quantitative estimate of drug-likeness (QED) is 0.917. The molecule has 0 bridgehead atoms. The van der Waals surface area contributed by atoms with E-state index in [0.717, 1.165) is 33.8 Å². The van der Waals surface area contributed by atoms with Gasteiger partial charge in [0.15, 0.2) is 0 Å². The molecule has 1 unspecified atom stereocenters. The number of morpholine rings is 1. The van der Waals surface area contributed by atoms with Crippen LogP contribution in [0.1, 0.15) is 28.4 Å². The van der Waals surface area contributed by atoms with Gasteiger partial charge in [0.05, 0.1) is 14.2 Å². The van der Waals surface area contributed by atoms with Crippen molar-refractivity contribution in [1.29, 1.82) is 0 Å². The zero-order chi connectivity index (χ0) is 14.9. The molecule has 5 nitrogen and oxygen atoms in total. The molecule has 1 aliphatic rings. The van der Waals surface area contributed by atoms with Gasteiger partial charge < -0.3 is 19.5 Å². The van der Waals surface area contributed by atoms with Crippen LogP contribution in [0.3, 0.4) is 0 Å². The number of hydrogen-bond donors (Lipinski definition) is 1. The zero-order valence-electron chi connectivity index (χ0n) is 12.6. The number of ether oxygens (including phenoxy) is 3. The van der Waals surface area contributed by atoms with Crippen LogP contribution in [-0.4, -0.2) is 33.3 Å². The Labute approximate surface area is 119 Å². The van der Waals surface area contributed by atoms with E-state index in [-0.39, 0.29) is 18.6 Å². The molecule has 0 radical (unpaired) electrons. The van der Waals surface area contributed by atoms with Gasteiger partial charge in [0, 0.05) is 17.7 Å². The second-order valence-electron chi connectivity index (χ2n) is 4.96. The lowest BCUT2D eigenvalue weighted by Crippen LogP contribution is -2.39. The number of hydrogen-bond acceptors (Lipinski definition) is 4. The Morgan fingerprint density at radius 2 is 1.65 bits per heavy atom. The highest BCUT2D eigenvalue weighted by Gasteiger charge is 2.28. The highest BCUT2D eigenvalue weighted by Crippen LogP contribution is 2.41. The van der Waals surface area contributed by atoms with Gasteiger partial charge in [0.25, 0.3) is 0 Å². The van der Waals surface area contributed by atoms with Gasteiger partial charge in [-0.1, -0.05) is 0 Å². The van der Waals surface area contributed by atoms with Crippen LogP contribution < -0.4 is 14.8 Å². The van der Waals surface area contributed by atoms with Crippen LogP contribution >= 0.6 is 0 Å². The summed E-state index contributed by atoms with van der Waals surface area (Å²) in [5.41, 5.74) is 4.04. The number of carbonyl (C=O) groups is 1. The van der Waals surface area contributed by atoms with Gasteiger partial charge in [-0.2, -0.15) is 0 Å². The average molecular weight is 279 g/mol. The molecule has 0 aliphatic carbocycles. The van der Waals surface area contributed by atoms with Crippen molar-refractivity contribution in [3.8, 4) is 11.5 Å². The van der Waals surface area contributed by atoms with E-state index in [0.29, 0.717) is 6.54 Å². The summed E-state index contributed by atoms with van der Waals surface area (Å²) < 4.78 is 16.7. The lowest BCUT2D eigenvalue weighted by atomic mass is 9.93. The summed E-state index contributed by atoms with van der Waals surface area (Å²) in [6.45, 7) is 6.52. The SMILES string of the molecule is COc1c(C)c(C)c(OC)c(C2CNC(=O)CO2)c1C. The monoisotopic (exact) mass is 279 g/mol. The van der Waals surface area contributed by atoms with Crippen molar-refractivity contribution in [2.75, 3.05) is 27.4 Å². The largest absolute Gasteiger partial charge is 0.496 e. The van der Waals surface area contributed by atoms with Gasteiger partial charge >= 0.3 is 0 Å². The molecule has 0 saturated carbocycles. The molecule has 20 heavy (non-hydrogen) atoms. The third kappa shape index (κ3) is 2.33. The second-order valence-corrected chi connectivity index (χ2v) is 4.96. The summed E-state index contributed by atoms with van der Waals surface area (Å²) in [6.07, 6.45) is -0.212. The van der Waals surface area contributed by atoms with Crippen molar-refractivity contribution in [2.45, 2.75) is 26.9 Å². The summed E-state index contributed by atoms with van der Waals surface area (Å²) in [6, 6.07) is 0. The maximum absolute atomic E-state index is 11.2. The van der Waals surface area contributed by atoms with Crippen LogP contribution in [0.5, 0.6) is 11.5 Å². The molecular weight excluding hydrogens is 258 g/mol. The van der Waals surface area contributed by atoms with E-state index >= 15 is 0 Å². The highest BCUT2D eigenvalue weighted by molar-refractivity contribution is 5.78. The molecule has 1 aliphatic heterocycles. The van der Waals surface area contributed by atoms with E-state index < -0.39 is 0 Å². The Balaban J connectivity index is 2.55. The predicted molar refractivity (Wildman–Crippen MR) is 75.5 cm³/mol. The number of carbonyl (C=O) groups excluding carboxylic acids is 1. The fourth-order valence-electron chi connectivity index (χ4n) is 2.75. The smallest absolute Gasteiger partial charge is 0.246 e. The van der Waals surface area contributed by atoms with Crippen LogP contribution in [0.2, 0.25) is 0 Å². The molecule has 1 atom stereocenters. The van der Waals surface area contributed by atoms with Gasteiger partial charge in [0.1, 0.15) is 24.2 Å². The fraction of sp³-hybridized carbons (Fsp3) is 0.533. The van der Waals surface area contributed by atoms with Gasteiger partial charge in [0.2, 0.25) is 5.91 Å². The minimum absolute atomic E-state index is 0.0719.